The number of carbonyl (C=O) groups excluding carboxylic acids is 2. The molecule has 4 heteroatoms. The van der Waals surface area contributed by atoms with Gasteiger partial charge in [0.15, 0.2) is 0 Å². The van der Waals surface area contributed by atoms with Gasteiger partial charge in [0.05, 0.1) is 18.2 Å². The first-order chi connectivity index (χ1) is 12.1. The van der Waals surface area contributed by atoms with E-state index in [0.29, 0.717) is 11.7 Å². The smallest absolute Gasteiger partial charge is 0.251 e. The lowest BCUT2D eigenvalue weighted by molar-refractivity contribution is -0.123. The van der Waals surface area contributed by atoms with Gasteiger partial charge >= 0.3 is 0 Å². The predicted molar refractivity (Wildman–Crippen MR) is 97.1 cm³/mol. The molecule has 1 atom stereocenters. The third kappa shape index (κ3) is 3.22. The molecular weight excluding hydrogens is 312 g/mol. The summed E-state index contributed by atoms with van der Waals surface area (Å²) in [4.78, 5) is 29.2. The molecule has 1 saturated carbocycles. The molecule has 0 N–H and O–H groups in total. The van der Waals surface area contributed by atoms with E-state index in [1.54, 1.807) is 0 Å². The third-order valence-electron chi connectivity index (χ3n) is 5.04. The van der Waals surface area contributed by atoms with Crippen molar-refractivity contribution in [1.29, 1.82) is 0 Å². The molecule has 0 spiro atoms. The van der Waals surface area contributed by atoms with Crippen LogP contribution in [0.2, 0.25) is 0 Å². The van der Waals surface area contributed by atoms with Crippen LogP contribution in [0.5, 0.6) is 0 Å². The van der Waals surface area contributed by atoms with Crippen molar-refractivity contribution in [2.24, 2.45) is 0 Å². The van der Waals surface area contributed by atoms with Gasteiger partial charge in [-0.25, -0.2) is 4.90 Å². The van der Waals surface area contributed by atoms with Crippen LogP contribution in [-0.4, -0.2) is 28.8 Å². The van der Waals surface area contributed by atoms with Crippen molar-refractivity contribution in [3.05, 3.63) is 65.7 Å². The summed E-state index contributed by atoms with van der Waals surface area (Å²) in [5, 5.41) is 0. The summed E-state index contributed by atoms with van der Waals surface area (Å²) in [6.45, 7) is 2.71. The van der Waals surface area contributed by atoms with Crippen molar-refractivity contribution in [2.45, 2.75) is 44.8 Å². The number of benzene rings is 2. The Kier molecular flexibility index (Phi) is 4.14. The molecule has 0 bridgehead atoms. The Bertz CT molecular complexity index is 781. The summed E-state index contributed by atoms with van der Waals surface area (Å²) in [6.07, 6.45) is 2.49. The van der Waals surface area contributed by atoms with Gasteiger partial charge in [0.1, 0.15) is 0 Å². The van der Waals surface area contributed by atoms with E-state index in [1.807, 2.05) is 49.4 Å². The maximum atomic E-state index is 13.0. The first kappa shape index (κ1) is 16.0. The molecule has 4 rings (SSSR count). The highest BCUT2D eigenvalue weighted by Crippen LogP contribution is 2.35. The first-order valence-electron chi connectivity index (χ1n) is 8.86. The molecule has 1 saturated heterocycles. The molecule has 4 nitrogen and oxygen atoms in total. The maximum absolute atomic E-state index is 13.0. The molecule has 0 radical (unpaired) electrons. The summed E-state index contributed by atoms with van der Waals surface area (Å²) in [7, 11) is 0. The second-order valence-electron chi connectivity index (χ2n) is 7.01. The summed E-state index contributed by atoms with van der Waals surface area (Å²) in [6, 6.07) is 17.8. The van der Waals surface area contributed by atoms with E-state index < -0.39 is 0 Å². The zero-order valence-electron chi connectivity index (χ0n) is 14.4. The molecular formula is C21H22N2O2. The van der Waals surface area contributed by atoms with Gasteiger partial charge in [0.2, 0.25) is 5.91 Å². The Morgan fingerprint density at radius 1 is 1.00 bits per heavy atom. The second kappa shape index (κ2) is 6.45. The van der Waals surface area contributed by atoms with Crippen molar-refractivity contribution in [1.82, 2.24) is 4.90 Å². The zero-order chi connectivity index (χ0) is 17.4. The first-order valence-corrected chi connectivity index (χ1v) is 8.86. The van der Waals surface area contributed by atoms with Crippen LogP contribution in [0, 0.1) is 6.92 Å². The van der Waals surface area contributed by atoms with E-state index in [9.17, 15) is 9.59 Å². The monoisotopic (exact) mass is 334 g/mol. The molecule has 0 unspecified atom stereocenters. The van der Waals surface area contributed by atoms with Crippen molar-refractivity contribution < 1.29 is 9.59 Å². The number of imide groups is 1. The van der Waals surface area contributed by atoms with Gasteiger partial charge in [-0.15, -0.1) is 0 Å². The van der Waals surface area contributed by atoms with Crippen LogP contribution < -0.4 is 4.90 Å². The average Bonchev–Trinajstić information content (AvgIpc) is 3.41. The van der Waals surface area contributed by atoms with E-state index in [4.69, 9.17) is 0 Å². The maximum Gasteiger partial charge on any atom is 0.251 e. The van der Waals surface area contributed by atoms with E-state index >= 15 is 0 Å². The lowest BCUT2D eigenvalue weighted by atomic mass is 10.1. The molecule has 0 aromatic heterocycles. The van der Waals surface area contributed by atoms with Crippen LogP contribution in [0.25, 0.3) is 0 Å². The molecule has 2 aliphatic rings. The van der Waals surface area contributed by atoms with Crippen molar-refractivity contribution in [3.63, 3.8) is 0 Å². The van der Waals surface area contributed by atoms with Crippen LogP contribution in [0.4, 0.5) is 5.69 Å². The third-order valence-corrected chi connectivity index (χ3v) is 5.04. The Hall–Kier alpha value is -2.46. The number of carbonyl (C=O) groups is 2. The molecule has 2 aromatic carbocycles. The van der Waals surface area contributed by atoms with E-state index in [2.05, 4.69) is 17.0 Å². The number of anilines is 1. The second-order valence-corrected chi connectivity index (χ2v) is 7.01. The Morgan fingerprint density at radius 2 is 1.68 bits per heavy atom. The van der Waals surface area contributed by atoms with Gasteiger partial charge in [0.25, 0.3) is 5.91 Å². The van der Waals surface area contributed by atoms with Crippen molar-refractivity contribution in [3.8, 4) is 0 Å². The molecule has 1 heterocycles. The number of hydrogen-bond acceptors (Lipinski definition) is 3. The van der Waals surface area contributed by atoms with Crippen LogP contribution in [0.3, 0.4) is 0 Å². The van der Waals surface area contributed by atoms with E-state index in [1.165, 1.54) is 10.5 Å². The van der Waals surface area contributed by atoms with Gasteiger partial charge in [-0.2, -0.15) is 0 Å². The highest BCUT2D eigenvalue weighted by molar-refractivity contribution is 6.22. The standard InChI is InChI=1S/C21H22N2O2/c1-15-7-9-18(10-8-15)23-20(24)13-19(21(23)25)22(17-11-12-17)14-16-5-3-2-4-6-16/h2-10,17,19H,11-14H2,1H3/t19-/m1/s1. The SMILES string of the molecule is Cc1ccc(N2C(=O)C[C@@H](N(Cc3ccccc3)C3CC3)C2=O)cc1. The Labute approximate surface area is 148 Å². The van der Waals surface area contributed by atoms with Crippen LogP contribution in [0.1, 0.15) is 30.4 Å². The van der Waals surface area contributed by atoms with Gasteiger partial charge in [-0.3, -0.25) is 14.5 Å². The highest BCUT2D eigenvalue weighted by atomic mass is 16.2. The molecule has 2 aromatic rings. The minimum Gasteiger partial charge on any atom is -0.284 e. The molecule has 1 aliphatic heterocycles. The number of nitrogens with zero attached hydrogens (tertiary/aromatic N) is 2. The Morgan fingerprint density at radius 3 is 2.32 bits per heavy atom. The van der Waals surface area contributed by atoms with Gasteiger partial charge in [0, 0.05) is 12.6 Å². The lowest BCUT2D eigenvalue weighted by Gasteiger charge is -2.27. The molecule has 2 fully saturated rings. The highest BCUT2D eigenvalue weighted by Gasteiger charge is 2.46. The Balaban J connectivity index is 1.58. The van der Waals surface area contributed by atoms with Gasteiger partial charge in [-0.05, 0) is 37.5 Å². The molecule has 1 aliphatic carbocycles. The normalized spacial score (nSPS) is 20.6. The quantitative estimate of drug-likeness (QED) is 0.788. The summed E-state index contributed by atoms with van der Waals surface area (Å²) >= 11 is 0. The minimum atomic E-state index is -0.346. The minimum absolute atomic E-state index is 0.0864. The van der Waals surface area contributed by atoms with Gasteiger partial charge in [-0.1, -0.05) is 48.0 Å². The summed E-state index contributed by atoms with van der Waals surface area (Å²) in [5.74, 6) is -0.186. The van der Waals surface area contributed by atoms with E-state index in [0.717, 1.165) is 24.9 Å². The van der Waals surface area contributed by atoms with Crippen LogP contribution >= 0.6 is 0 Å². The van der Waals surface area contributed by atoms with Crippen molar-refractivity contribution in [2.75, 3.05) is 4.90 Å². The topological polar surface area (TPSA) is 40.6 Å². The fraction of sp³-hybridized carbons (Fsp3) is 0.333. The number of aryl methyl sites for hydroxylation is 1. The predicted octanol–water partition coefficient (Wildman–Crippen LogP) is 3.29. The number of hydrogen-bond donors (Lipinski definition) is 0. The largest absolute Gasteiger partial charge is 0.284 e. The molecule has 25 heavy (non-hydrogen) atoms. The van der Waals surface area contributed by atoms with Crippen LogP contribution in [0.15, 0.2) is 54.6 Å². The average molecular weight is 334 g/mol. The molecule has 128 valence electrons. The fourth-order valence-corrected chi connectivity index (χ4v) is 3.53. The van der Waals surface area contributed by atoms with Gasteiger partial charge < -0.3 is 0 Å². The summed E-state index contributed by atoms with van der Waals surface area (Å²) < 4.78 is 0. The summed E-state index contributed by atoms with van der Waals surface area (Å²) in [5.41, 5.74) is 2.98. The van der Waals surface area contributed by atoms with Crippen molar-refractivity contribution >= 4 is 17.5 Å². The number of amides is 2. The fourth-order valence-electron chi connectivity index (χ4n) is 3.53. The van der Waals surface area contributed by atoms with E-state index in [-0.39, 0.29) is 24.3 Å². The van der Waals surface area contributed by atoms with Crippen LogP contribution in [-0.2, 0) is 16.1 Å². The number of rotatable bonds is 5. The zero-order valence-corrected chi connectivity index (χ0v) is 14.4. The molecule has 2 amide bonds. The lowest BCUT2D eigenvalue weighted by Crippen LogP contribution is -2.43.